The van der Waals surface area contributed by atoms with Gasteiger partial charge >= 0.3 is 0 Å². The van der Waals surface area contributed by atoms with Gasteiger partial charge in [-0.3, -0.25) is 14.4 Å². The average molecular weight is 493 g/mol. The van der Waals surface area contributed by atoms with E-state index in [-0.39, 0.29) is 23.6 Å². The predicted octanol–water partition coefficient (Wildman–Crippen LogP) is 3.88. The van der Waals surface area contributed by atoms with Crippen molar-refractivity contribution >= 4 is 29.1 Å². The third-order valence-corrected chi connectivity index (χ3v) is 6.74. The summed E-state index contributed by atoms with van der Waals surface area (Å²) in [7, 11) is 1.60. The molecule has 192 valence electrons. The maximum atomic E-state index is 13.4. The second kappa shape index (κ2) is 11.5. The van der Waals surface area contributed by atoms with E-state index < -0.39 is 0 Å². The average Bonchev–Trinajstić information content (AvgIpc) is 3.43. The number of piperazine rings is 1. The molecular weight excluding hydrogens is 456 g/mol. The van der Waals surface area contributed by atoms with Gasteiger partial charge in [0.2, 0.25) is 5.91 Å². The molecule has 2 saturated heterocycles. The van der Waals surface area contributed by atoms with Crippen LogP contribution in [-0.4, -0.2) is 73.9 Å². The molecule has 3 amide bonds. The van der Waals surface area contributed by atoms with E-state index in [1.807, 2.05) is 41.8 Å². The number of nitrogens with zero attached hydrogens (tertiary/aromatic N) is 3. The molecule has 2 aromatic rings. The zero-order valence-corrected chi connectivity index (χ0v) is 21.5. The zero-order valence-electron chi connectivity index (χ0n) is 21.5. The first-order valence-corrected chi connectivity index (χ1v) is 12.8. The van der Waals surface area contributed by atoms with Crippen LogP contribution in [0.5, 0.6) is 5.75 Å². The molecule has 0 aliphatic carbocycles. The molecule has 8 nitrogen and oxygen atoms in total. The maximum absolute atomic E-state index is 13.4. The number of carbonyl (C=O) groups is 3. The molecule has 2 fully saturated rings. The Morgan fingerprint density at radius 3 is 2.11 bits per heavy atom. The third kappa shape index (κ3) is 5.98. The number of ether oxygens (including phenoxy) is 1. The molecule has 0 aromatic heterocycles. The van der Waals surface area contributed by atoms with Crippen LogP contribution in [0, 0.1) is 5.92 Å². The monoisotopic (exact) mass is 492 g/mol. The maximum Gasteiger partial charge on any atom is 0.256 e. The standard InChI is InChI=1S/C28H36N4O4/c1-20(2)18-26(33)29-22-8-11-25(24(19-22)28(35)31-12-4-5-13-31)30-14-16-32(17-15-30)27(34)21-6-9-23(36-3)10-7-21/h6-11,19-20H,4-5,12-18H2,1-3H3,(H,29,33). The van der Waals surface area contributed by atoms with Crippen molar-refractivity contribution in [2.45, 2.75) is 33.1 Å². The fraction of sp³-hybridized carbons (Fsp3) is 0.464. The first-order chi connectivity index (χ1) is 17.4. The Balaban J connectivity index is 1.49. The van der Waals surface area contributed by atoms with Crippen LogP contribution in [0.4, 0.5) is 11.4 Å². The minimum atomic E-state index is -0.0528. The minimum absolute atomic E-state index is 0.000743. The van der Waals surface area contributed by atoms with Crippen molar-refractivity contribution in [1.82, 2.24) is 9.80 Å². The SMILES string of the molecule is COc1ccc(C(=O)N2CCN(c3ccc(NC(=O)CC(C)C)cc3C(=O)N3CCCC3)CC2)cc1. The number of amides is 3. The van der Waals surface area contributed by atoms with Crippen LogP contribution in [0.25, 0.3) is 0 Å². The Morgan fingerprint density at radius 2 is 1.50 bits per heavy atom. The lowest BCUT2D eigenvalue weighted by Gasteiger charge is -2.37. The zero-order chi connectivity index (χ0) is 25.7. The van der Waals surface area contributed by atoms with Crippen molar-refractivity contribution in [3.05, 3.63) is 53.6 Å². The summed E-state index contributed by atoms with van der Waals surface area (Å²) in [6.45, 7) is 7.90. The second-order valence-electron chi connectivity index (χ2n) is 9.89. The lowest BCUT2D eigenvalue weighted by molar-refractivity contribution is -0.116. The summed E-state index contributed by atoms with van der Waals surface area (Å²) in [5, 5.41) is 2.95. The molecule has 2 aliphatic rings. The van der Waals surface area contributed by atoms with Crippen molar-refractivity contribution in [2.75, 3.05) is 56.6 Å². The van der Waals surface area contributed by atoms with E-state index in [0.29, 0.717) is 49.4 Å². The number of nitrogens with one attached hydrogen (secondary N) is 1. The van der Waals surface area contributed by atoms with E-state index in [0.717, 1.165) is 37.4 Å². The Hall–Kier alpha value is -3.55. The number of rotatable bonds is 7. The smallest absolute Gasteiger partial charge is 0.256 e. The van der Waals surface area contributed by atoms with Gasteiger partial charge in [-0.2, -0.15) is 0 Å². The fourth-order valence-electron chi connectivity index (χ4n) is 4.80. The summed E-state index contributed by atoms with van der Waals surface area (Å²) in [6.07, 6.45) is 2.46. The van der Waals surface area contributed by atoms with Gasteiger partial charge < -0.3 is 24.8 Å². The van der Waals surface area contributed by atoms with Crippen LogP contribution in [0.2, 0.25) is 0 Å². The molecular formula is C28H36N4O4. The van der Waals surface area contributed by atoms with Gasteiger partial charge in [0.1, 0.15) is 5.75 Å². The summed E-state index contributed by atoms with van der Waals surface area (Å²) in [6, 6.07) is 12.8. The molecule has 2 aliphatic heterocycles. The van der Waals surface area contributed by atoms with Crippen molar-refractivity contribution in [3.8, 4) is 5.75 Å². The summed E-state index contributed by atoms with van der Waals surface area (Å²) < 4.78 is 5.19. The van der Waals surface area contributed by atoms with Gasteiger partial charge in [-0.15, -0.1) is 0 Å². The molecule has 0 saturated carbocycles. The third-order valence-electron chi connectivity index (χ3n) is 6.74. The van der Waals surface area contributed by atoms with Gasteiger partial charge in [-0.05, 0) is 61.2 Å². The van der Waals surface area contributed by atoms with E-state index in [1.54, 1.807) is 31.4 Å². The molecule has 0 unspecified atom stereocenters. The lowest BCUT2D eigenvalue weighted by Crippen LogP contribution is -2.49. The number of likely N-dealkylation sites (tertiary alicyclic amines) is 1. The minimum Gasteiger partial charge on any atom is -0.497 e. The Labute approximate surface area is 213 Å². The van der Waals surface area contributed by atoms with Crippen molar-refractivity contribution in [3.63, 3.8) is 0 Å². The van der Waals surface area contributed by atoms with Crippen LogP contribution in [-0.2, 0) is 4.79 Å². The van der Waals surface area contributed by atoms with Gasteiger partial charge in [0.15, 0.2) is 0 Å². The number of benzene rings is 2. The molecule has 2 aromatic carbocycles. The van der Waals surface area contributed by atoms with Crippen LogP contribution in [0.3, 0.4) is 0 Å². The summed E-state index contributed by atoms with van der Waals surface area (Å²) >= 11 is 0. The van der Waals surface area contributed by atoms with Crippen molar-refractivity contribution < 1.29 is 19.1 Å². The molecule has 0 spiro atoms. The Morgan fingerprint density at radius 1 is 0.861 bits per heavy atom. The molecule has 8 heteroatoms. The summed E-state index contributed by atoms with van der Waals surface area (Å²) in [4.78, 5) is 44.7. The van der Waals surface area contributed by atoms with Crippen LogP contribution >= 0.6 is 0 Å². The molecule has 0 atom stereocenters. The first-order valence-electron chi connectivity index (χ1n) is 12.8. The highest BCUT2D eigenvalue weighted by molar-refractivity contribution is 6.02. The van der Waals surface area contributed by atoms with Crippen molar-refractivity contribution in [1.29, 1.82) is 0 Å². The van der Waals surface area contributed by atoms with Gasteiger partial charge in [0, 0.05) is 62.6 Å². The summed E-state index contributed by atoms with van der Waals surface area (Å²) in [5.41, 5.74) is 2.73. The van der Waals surface area contributed by atoms with Crippen LogP contribution in [0.1, 0.15) is 53.8 Å². The Kier molecular flexibility index (Phi) is 8.13. The van der Waals surface area contributed by atoms with Crippen molar-refractivity contribution in [2.24, 2.45) is 5.92 Å². The van der Waals surface area contributed by atoms with Gasteiger partial charge in [0.05, 0.1) is 12.7 Å². The van der Waals surface area contributed by atoms with E-state index in [2.05, 4.69) is 10.2 Å². The Bertz CT molecular complexity index is 1090. The number of hydrogen-bond acceptors (Lipinski definition) is 5. The highest BCUT2D eigenvalue weighted by atomic mass is 16.5. The molecule has 4 rings (SSSR count). The van der Waals surface area contributed by atoms with E-state index in [1.165, 1.54) is 0 Å². The number of methoxy groups -OCH3 is 1. The molecule has 1 N–H and O–H groups in total. The quantitative estimate of drug-likeness (QED) is 0.634. The molecule has 2 heterocycles. The topological polar surface area (TPSA) is 82.2 Å². The molecule has 0 bridgehead atoms. The lowest BCUT2D eigenvalue weighted by atomic mass is 10.1. The van der Waals surface area contributed by atoms with E-state index in [9.17, 15) is 14.4 Å². The highest BCUT2D eigenvalue weighted by Gasteiger charge is 2.28. The van der Waals surface area contributed by atoms with Crippen LogP contribution < -0.4 is 15.0 Å². The second-order valence-corrected chi connectivity index (χ2v) is 9.89. The number of carbonyl (C=O) groups excluding carboxylic acids is 3. The van der Waals surface area contributed by atoms with Crippen LogP contribution in [0.15, 0.2) is 42.5 Å². The van der Waals surface area contributed by atoms with Gasteiger partial charge in [-0.25, -0.2) is 0 Å². The highest BCUT2D eigenvalue weighted by Crippen LogP contribution is 2.29. The number of anilines is 2. The van der Waals surface area contributed by atoms with Gasteiger partial charge in [0.25, 0.3) is 11.8 Å². The number of hydrogen-bond donors (Lipinski definition) is 1. The summed E-state index contributed by atoms with van der Waals surface area (Å²) in [5.74, 6) is 0.915. The fourth-order valence-corrected chi connectivity index (χ4v) is 4.80. The van der Waals surface area contributed by atoms with E-state index >= 15 is 0 Å². The predicted molar refractivity (Wildman–Crippen MR) is 141 cm³/mol. The largest absolute Gasteiger partial charge is 0.497 e. The normalized spacial score (nSPS) is 15.8. The van der Waals surface area contributed by atoms with E-state index in [4.69, 9.17) is 4.74 Å². The first kappa shape index (κ1) is 25.5. The van der Waals surface area contributed by atoms with Gasteiger partial charge in [-0.1, -0.05) is 13.8 Å². The molecule has 0 radical (unpaired) electrons. The molecule has 36 heavy (non-hydrogen) atoms.